The number of halogens is 3. The molecular weight excluding hydrogens is 312 g/mol. The van der Waals surface area contributed by atoms with Crippen molar-refractivity contribution in [1.29, 1.82) is 0 Å². The van der Waals surface area contributed by atoms with Gasteiger partial charge in [0.25, 0.3) is 0 Å². The van der Waals surface area contributed by atoms with Crippen molar-refractivity contribution in [2.45, 2.75) is 18.8 Å². The standard InChI is InChI=1S/C15H12Cl2FN3/c16-9-15-20-13-7-11(17)12(18)8-14(13)21(15)6-4-10-3-1-2-5-19-10/h1-3,5,7-8H,4,6,9H2. The van der Waals surface area contributed by atoms with Gasteiger partial charge in [0.2, 0.25) is 0 Å². The molecule has 0 atom stereocenters. The van der Waals surface area contributed by atoms with E-state index in [1.165, 1.54) is 12.1 Å². The first-order valence-corrected chi connectivity index (χ1v) is 7.40. The fourth-order valence-electron chi connectivity index (χ4n) is 2.29. The van der Waals surface area contributed by atoms with Gasteiger partial charge in [-0.15, -0.1) is 11.6 Å². The van der Waals surface area contributed by atoms with Gasteiger partial charge < -0.3 is 4.57 Å². The molecule has 0 N–H and O–H groups in total. The van der Waals surface area contributed by atoms with Crippen LogP contribution in [-0.2, 0) is 18.8 Å². The number of benzene rings is 1. The van der Waals surface area contributed by atoms with Crippen molar-refractivity contribution in [1.82, 2.24) is 14.5 Å². The average Bonchev–Trinajstić information content (AvgIpc) is 2.83. The van der Waals surface area contributed by atoms with Crippen molar-refractivity contribution >= 4 is 34.2 Å². The van der Waals surface area contributed by atoms with Gasteiger partial charge in [-0.3, -0.25) is 4.98 Å². The normalized spacial score (nSPS) is 11.2. The van der Waals surface area contributed by atoms with Crippen LogP contribution in [0.3, 0.4) is 0 Å². The number of hydrogen-bond donors (Lipinski definition) is 0. The molecule has 6 heteroatoms. The van der Waals surface area contributed by atoms with Crippen LogP contribution >= 0.6 is 23.2 Å². The smallest absolute Gasteiger partial charge is 0.144 e. The van der Waals surface area contributed by atoms with Crippen LogP contribution in [0, 0.1) is 5.82 Å². The number of imidazole rings is 1. The summed E-state index contributed by atoms with van der Waals surface area (Å²) in [6, 6.07) is 8.70. The van der Waals surface area contributed by atoms with Crippen LogP contribution in [-0.4, -0.2) is 14.5 Å². The lowest BCUT2D eigenvalue weighted by atomic mass is 10.2. The minimum absolute atomic E-state index is 0.0676. The highest BCUT2D eigenvalue weighted by Gasteiger charge is 2.13. The highest BCUT2D eigenvalue weighted by molar-refractivity contribution is 6.31. The number of rotatable bonds is 4. The maximum atomic E-state index is 13.7. The van der Waals surface area contributed by atoms with Gasteiger partial charge in [0.05, 0.1) is 21.9 Å². The van der Waals surface area contributed by atoms with Crippen LogP contribution in [0.5, 0.6) is 0 Å². The maximum absolute atomic E-state index is 13.7. The topological polar surface area (TPSA) is 30.7 Å². The molecular formula is C15H12Cl2FN3. The Morgan fingerprint density at radius 2 is 2.10 bits per heavy atom. The zero-order valence-corrected chi connectivity index (χ0v) is 12.6. The molecule has 3 nitrogen and oxygen atoms in total. The van der Waals surface area contributed by atoms with Crippen LogP contribution in [0.2, 0.25) is 5.02 Å². The number of hydrogen-bond acceptors (Lipinski definition) is 2. The Morgan fingerprint density at radius 3 is 2.81 bits per heavy atom. The second-order valence-corrected chi connectivity index (χ2v) is 5.31. The van der Waals surface area contributed by atoms with Crippen molar-refractivity contribution in [2.75, 3.05) is 0 Å². The molecule has 0 amide bonds. The van der Waals surface area contributed by atoms with Gasteiger partial charge in [-0.1, -0.05) is 17.7 Å². The summed E-state index contributed by atoms with van der Waals surface area (Å²) in [5.41, 5.74) is 2.32. The molecule has 0 radical (unpaired) electrons. The third kappa shape index (κ3) is 2.87. The molecule has 0 saturated carbocycles. The number of alkyl halides is 1. The summed E-state index contributed by atoms with van der Waals surface area (Å²) in [5, 5.41) is 0.0676. The molecule has 2 aromatic heterocycles. The van der Waals surface area contributed by atoms with Crippen LogP contribution in [0.15, 0.2) is 36.5 Å². The Bertz CT molecular complexity index is 771. The van der Waals surface area contributed by atoms with E-state index in [2.05, 4.69) is 9.97 Å². The molecule has 0 aliphatic carbocycles. The third-order valence-corrected chi connectivity index (χ3v) is 3.84. The summed E-state index contributed by atoms with van der Waals surface area (Å²) in [7, 11) is 0. The van der Waals surface area contributed by atoms with Gasteiger partial charge in [-0.25, -0.2) is 9.37 Å². The molecule has 0 aliphatic heterocycles. The summed E-state index contributed by atoms with van der Waals surface area (Å²) < 4.78 is 15.6. The number of fused-ring (bicyclic) bond motifs is 1. The van der Waals surface area contributed by atoms with Crippen LogP contribution in [0.4, 0.5) is 4.39 Å². The van der Waals surface area contributed by atoms with E-state index in [-0.39, 0.29) is 10.9 Å². The number of pyridine rings is 1. The van der Waals surface area contributed by atoms with Crippen LogP contribution in [0.1, 0.15) is 11.5 Å². The maximum Gasteiger partial charge on any atom is 0.144 e. The van der Waals surface area contributed by atoms with Crippen molar-refractivity contribution in [3.8, 4) is 0 Å². The minimum atomic E-state index is -0.454. The van der Waals surface area contributed by atoms with E-state index >= 15 is 0 Å². The molecule has 0 fully saturated rings. The molecule has 21 heavy (non-hydrogen) atoms. The molecule has 0 spiro atoms. The number of aryl methyl sites for hydroxylation is 2. The highest BCUT2D eigenvalue weighted by Crippen LogP contribution is 2.24. The molecule has 0 aliphatic rings. The lowest BCUT2D eigenvalue weighted by molar-refractivity contribution is 0.626. The van der Waals surface area contributed by atoms with Gasteiger partial charge in [-0.2, -0.15) is 0 Å². The number of nitrogens with zero attached hydrogens (tertiary/aromatic N) is 3. The highest BCUT2D eigenvalue weighted by atomic mass is 35.5. The summed E-state index contributed by atoms with van der Waals surface area (Å²) >= 11 is 11.7. The predicted molar refractivity (Wildman–Crippen MR) is 82.2 cm³/mol. The summed E-state index contributed by atoms with van der Waals surface area (Å²) in [6.45, 7) is 0.636. The fraction of sp³-hybridized carbons (Fsp3) is 0.200. The fourth-order valence-corrected chi connectivity index (χ4v) is 2.66. The second kappa shape index (κ2) is 6.00. The lowest BCUT2D eigenvalue weighted by Gasteiger charge is -2.07. The minimum Gasteiger partial charge on any atom is -0.326 e. The van der Waals surface area contributed by atoms with E-state index in [0.29, 0.717) is 23.4 Å². The molecule has 108 valence electrons. The Labute approximate surface area is 131 Å². The zero-order valence-electron chi connectivity index (χ0n) is 11.1. The first-order valence-electron chi connectivity index (χ1n) is 6.49. The molecule has 1 aromatic carbocycles. The Hall–Kier alpha value is -1.65. The molecule has 0 saturated heterocycles. The lowest BCUT2D eigenvalue weighted by Crippen LogP contribution is -2.06. The van der Waals surface area contributed by atoms with Gasteiger partial charge in [-0.05, 0) is 18.2 Å². The SMILES string of the molecule is Fc1cc2c(cc1Cl)nc(CCl)n2CCc1ccccn1. The largest absolute Gasteiger partial charge is 0.326 e. The van der Waals surface area contributed by atoms with Crippen molar-refractivity contribution < 1.29 is 4.39 Å². The van der Waals surface area contributed by atoms with E-state index in [1.807, 2.05) is 22.8 Å². The average molecular weight is 324 g/mol. The predicted octanol–water partition coefficient (Wildman–Crippen LogP) is 4.21. The molecule has 0 unspecified atom stereocenters. The van der Waals surface area contributed by atoms with Crippen LogP contribution < -0.4 is 0 Å². The summed E-state index contributed by atoms with van der Waals surface area (Å²) in [5.74, 6) is 0.504. The number of aromatic nitrogens is 3. The Kier molecular flexibility index (Phi) is 4.08. The van der Waals surface area contributed by atoms with E-state index in [4.69, 9.17) is 23.2 Å². The van der Waals surface area contributed by atoms with E-state index in [9.17, 15) is 4.39 Å². The van der Waals surface area contributed by atoms with Crippen LogP contribution in [0.25, 0.3) is 11.0 Å². The monoisotopic (exact) mass is 323 g/mol. The third-order valence-electron chi connectivity index (χ3n) is 3.31. The van der Waals surface area contributed by atoms with E-state index in [0.717, 1.165) is 12.1 Å². The zero-order chi connectivity index (χ0) is 14.8. The molecule has 3 rings (SSSR count). The quantitative estimate of drug-likeness (QED) is 0.673. The summed E-state index contributed by atoms with van der Waals surface area (Å²) in [6.07, 6.45) is 2.48. The van der Waals surface area contributed by atoms with Gasteiger partial charge >= 0.3 is 0 Å². The molecule has 0 bridgehead atoms. The van der Waals surface area contributed by atoms with Gasteiger partial charge in [0.1, 0.15) is 11.6 Å². The van der Waals surface area contributed by atoms with E-state index < -0.39 is 5.82 Å². The first-order chi connectivity index (χ1) is 10.2. The Balaban J connectivity index is 1.98. The van der Waals surface area contributed by atoms with Gasteiger partial charge in [0, 0.05) is 30.9 Å². The Morgan fingerprint density at radius 1 is 1.24 bits per heavy atom. The van der Waals surface area contributed by atoms with Crippen molar-refractivity contribution in [3.05, 3.63) is 58.9 Å². The molecule has 3 aromatic rings. The first kappa shape index (κ1) is 14.3. The molecule has 2 heterocycles. The van der Waals surface area contributed by atoms with Crippen molar-refractivity contribution in [3.63, 3.8) is 0 Å². The van der Waals surface area contributed by atoms with Crippen molar-refractivity contribution in [2.24, 2.45) is 0 Å². The second-order valence-electron chi connectivity index (χ2n) is 4.64. The summed E-state index contributed by atoms with van der Waals surface area (Å²) in [4.78, 5) is 8.69. The van der Waals surface area contributed by atoms with Gasteiger partial charge in [0.15, 0.2) is 0 Å². The van der Waals surface area contributed by atoms with E-state index in [1.54, 1.807) is 6.20 Å².